The first-order chi connectivity index (χ1) is 20.4. The topological polar surface area (TPSA) is 105 Å². The summed E-state index contributed by atoms with van der Waals surface area (Å²) in [5.41, 5.74) is 12.2. The fraction of sp³-hybridized carbons (Fsp3) is 0.727. The smallest absolute Gasteiger partial charge is 0.260 e. The number of carbonyl (C=O) groups is 1. The van der Waals surface area contributed by atoms with Crippen LogP contribution in [0.4, 0.5) is 14.5 Å². The summed E-state index contributed by atoms with van der Waals surface area (Å²) < 4.78 is 28.6. The Balaban J connectivity index is 1.30. The number of hydrogen-bond acceptors (Lipinski definition) is 7. The van der Waals surface area contributed by atoms with Gasteiger partial charge in [0.2, 0.25) is 5.91 Å². The molecule has 6 rings (SSSR count). The number of nitrogens with one attached hydrogen (secondary N) is 1. The van der Waals surface area contributed by atoms with E-state index in [1.807, 2.05) is 17.0 Å². The number of aliphatic hydroxyl groups is 1. The zero-order valence-electron chi connectivity index (χ0n) is 25.7. The maximum absolute atomic E-state index is 14.4. The fourth-order valence-corrected chi connectivity index (χ4v) is 8.94. The molecule has 3 aliphatic heterocycles. The Hall–Kier alpha value is -2.27. The van der Waals surface area contributed by atoms with Crippen LogP contribution in [-0.2, 0) is 4.79 Å². The largest absolute Gasteiger partial charge is 0.506 e. The Labute approximate surface area is 254 Å². The van der Waals surface area contributed by atoms with Crippen molar-refractivity contribution in [1.29, 1.82) is 0 Å². The van der Waals surface area contributed by atoms with Crippen LogP contribution in [0.15, 0.2) is 30.9 Å². The van der Waals surface area contributed by atoms with Crippen molar-refractivity contribution in [2.45, 2.75) is 107 Å². The molecule has 238 valence electrons. The second-order valence-electron chi connectivity index (χ2n) is 14.2. The number of benzene rings is 1. The Bertz CT molecular complexity index is 1210. The Morgan fingerprint density at radius 1 is 1.26 bits per heavy atom. The van der Waals surface area contributed by atoms with Crippen molar-refractivity contribution in [3.63, 3.8) is 0 Å². The molecule has 0 aromatic heterocycles. The van der Waals surface area contributed by atoms with Crippen LogP contribution in [0.3, 0.4) is 0 Å². The SMILES string of the molecule is C=CC(O)CC1CCC2NN(c3ccc(C4CC4)cc3O)C3CCN(C(=O)C4CN(C)C(C(C)(F)F)CC4N)C(C1C)C23. The number of anilines is 1. The van der Waals surface area contributed by atoms with Crippen LogP contribution >= 0.6 is 0 Å². The maximum atomic E-state index is 14.4. The molecule has 0 spiro atoms. The second-order valence-corrected chi connectivity index (χ2v) is 14.2. The molecule has 2 aliphatic carbocycles. The first-order valence-corrected chi connectivity index (χ1v) is 16.2. The fourth-order valence-electron chi connectivity index (χ4n) is 8.94. The quantitative estimate of drug-likeness (QED) is 0.352. The number of nitrogens with two attached hydrogens (primary N) is 1. The molecule has 43 heavy (non-hydrogen) atoms. The lowest BCUT2D eigenvalue weighted by Gasteiger charge is -2.50. The van der Waals surface area contributed by atoms with Gasteiger partial charge in [0.05, 0.1) is 29.8 Å². The van der Waals surface area contributed by atoms with Crippen molar-refractivity contribution >= 4 is 11.6 Å². The molecule has 5 N–H and O–H groups in total. The lowest BCUT2D eigenvalue weighted by molar-refractivity contribution is -0.150. The molecule has 0 bridgehead atoms. The molecular formula is C33H49F2N5O3. The minimum atomic E-state index is -2.90. The number of aliphatic hydroxyl groups excluding tert-OH is 1. The van der Waals surface area contributed by atoms with Crippen LogP contribution in [0.5, 0.6) is 5.75 Å². The number of nitrogens with zero attached hydrogens (tertiary/aromatic N) is 3. The molecule has 5 fully saturated rings. The second kappa shape index (κ2) is 11.6. The molecule has 8 nitrogen and oxygen atoms in total. The Kier molecular flexibility index (Phi) is 8.28. The van der Waals surface area contributed by atoms with E-state index in [4.69, 9.17) is 5.73 Å². The van der Waals surface area contributed by atoms with E-state index in [2.05, 4.69) is 30.0 Å². The average Bonchev–Trinajstić information content (AvgIpc) is 3.77. The van der Waals surface area contributed by atoms with Gasteiger partial charge < -0.3 is 25.9 Å². The highest BCUT2D eigenvalue weighted by molar-refractivity contribution is 5.81. The van der Waals surface area contributed by atoms with E-state index in [0.717, 1.165) is 31.9 Å². The van der Waals surface area contributed by atoms with Crippen molar-refractivity contribution in [1.82, 2.24) is 15.2 Å². The highest BCUT2D eigenvalue weighted by atomic mass is 19.3. The van der Waals surface area contributed by atoms with Crippen molar-refractivity contribution in [2.75, 3.05) is 25.1 Å². The van der Waals surface area contributed by atoms with E-state index in [1.54, 1.807) is 18.0 Å². The highest BCUT2D eigenvalue weighted by Gasteiger charge is 2.56. The van der Waals surface area contributed by atoms with Crippen LogP contribution in [-0.4, -0.2) is 88.3 Å². The van der Waals surface area contributed by atoms with Crippen LogP contribution in [0.25, 0.3) is 0 Å². The summed E-state index contributed by atoms with van der Waals surface area (Å²) >= 11 is 0. The number of amides is 1. The highest BCUT2D eigenvalue weighted by Crippen LogP contribution is 2.49. The Morgan fingerprint density at radius 2 is 2.00 bits per heavy atom. The van der Waals surface area contributed by atoms with Gasteiger partial charge in [-0.3, -0.25) is 9.69 Å². The van der Waals surface area contributed by atoms with Gasteiger partial charge in [-0.1, -0.05) is 19.1 Å². The Morgan fingerprint density at radius 3 is 2.65 bits per heavy atom. The third kappa shape index (κ3) is 5.69. The van der Waals surface area contributed by atoms with Crippen molar-refractivity contribution in [2.24, 2.45) is 29.4 Å². The lowest BCUT2D eigenvalue weighted by atomic mass is 9.73. The number of likely N-dealkylation sites (tertiary alicyclic amines) is 2. The monoisotopic (exact) mass is 601 g/mol. The van der Waals surface area contributed by atoms with E-state index in [-0.39, 0.29) is 60.5 Å². The number of phenolic OH excluding ortho intramolecular Hbond substituents is 1. The minimum absolute atomic E-state index is 0.0497. The van der Waals surface area contributed by atoms with Crippen LogP contribution < -0.4 is 16.2 Å². The van der Waals surface area contributed by atoms with E-state index < -0.39 is 30.0 Å². The summed E-state index contributed by atoms with van der Waals surface area (Å²) in [7, 11) is 1.66. The number of hydrazine groups is 1. The number of alkyl halides is 2. The van der Waals surface area contributed by atoms with Crippen molar-refractivity contribution in [3.8, 4) is 5.75 Å². The van der Waals surface area contributed by atoms with E-state index >= 15 is 0 Å². The molecule has 3 heterocycles. The molecule has 0 radical (unpaired) electrons. The summed E-state index contributed by atoms with van der Waals surface area (Å²) in [4.78, 5) is 18.0. The lowest BCUT2D eigenvalue weighted by Crippen LogP contribution is -2.64. The molecule has 10 atom stereocenters. The average molecular weight is 602 g/mol. The van der Waals surface area contributed by atoms with Crippen molar-refractivity contribution < 1.29 is 23.8 Å². The third-order valence-corrected chi connectivity index (χ3v) is 11.4. The summed E-state index contributed by atoms with van der Waals surface area (Å²) in [5, 5.41) is 23.8. The standard InChI is InChI=1S/C33H49F2N5O3/c1-5-22(41)14-20-8-10-25-30-27(40(37-25)26-11-9-21(15-28(26)42)19-6-7-19)12-13-39(31(30)18(20)2)32(43)23-17-38(4)29(16-24(23)36)33(3,34)35/h5,9,11,15,18-20,22-25,27,29-31,37,41-42H,1,6-8,10,12-14,16-17,36H2,2-4H3. The molecular weight excluding hydrogens is 552 g/mol. The molecule has 5 aliphatic rings. The molecule has 1 amide bonds. The van der Waals surface area contributed by atoms with Gasteiger partial charge in [-0.2, -0.15) is 0 Å². The molecule has 10 unspecified atom stereocenters. The summed E-state index contributed by atoms with van der Waals surface area (Å²) in [6.45, 7) is 7.63. The normalized spacial score (nSPS) is 37.5. The minimum Gasteiger partial charge on any atom is -0.506 e. The van der Waals surface area contributed by atoms with E-state index in [9.17, 15) is 23.8 Å². The van der Waals surface area contributed by atoms with Gasteiger partial charge in [0.25, 0.3) is 5.92 Å². The predicted molar refractivity (Wildman–Crippen MR) is 163 cm³/mol. The molecule has 3 saturated heterocycles. The molecule has 1 aromatic carbocycles. The number of hydrogen-bond donors (Lipinski definition) is 4. The number of phenols is 1. The first kappa shape index (κ1) is 30.7. The maximum Gasteiger partial charge on any atom is 0.260 e. The van der Waals surface area contributed by atoms with Gasteiger partial charge in [-0.15, -0.1) is 6.58 Å². The van der Waals surface area contributed by atoms with Gasteiger partial charge in [-0.25, -0.2) is 14.2 Å². The molecule has 2 saturated carbocycles. The number of halogens is 2. The van der Waals surface area contributed by atoms with Crippen molar-refractivity contribution in [3.05, 3.63) is 36.4 Å². The van der Waals surface area contributed by atoms with Crippen LogP contribution in [0.2, 0.25) is 0 Å². The molecule has 1 aromatic rings. The number of rotatable bonds is 7. The number of carbonyl (C=O) groups excluding carboxylic acids is 1. The van der Waals surface area contributed by atoms with Gasteiger partial charge >= 0.3 is 0 Å². The van der Waals surface area contributed by atoms with Gasteiger partial charge in [0, 0.05) is 44.1 Å². The summed E-state index contributed by atoms with van der Waals surface area (Å²) in [6.07, 6.45) is 6.45. The zero-order valence-corrected chi connectivity index (χ0v) is 25.7. The first-order valence-electron chi connectivity index (χ1n) is 16.2. The van der Waals surface area contributed by atoms with E-state index in [1.165, 1.54) is 18.4 Å². The van der Waals surface area contributed by atoms with Gasteiger partial charge in [0.1, 0.15) is 5.75 Å². The van der Waals surface area contributed by atoms with Gasteiger partial charge in [0.15, 0.2) is 0 Å². The summed E-state index contributed by atoms with van der Waals surface area (Å²) in [5.74, 6) is -2.30. The van der Waals surface area contributed by atoms with E-state index in [0.29, 0.717) is 18.9 Å². The zero-order chi connectivity index (χ0) is 30.8. The summed E-state index contributed by atoms with van der Waals surface area (Å²) in [6, 6.07) is 4.47. The number of piperidine rings is 2. The van der Waals surface area contributed by atoms with Crippen LogP contribution in [0.1, 0.15) is 70.3 Å². The number of aromatic hydroxyl groups is 1. The van der Waals surface area contributed by atoms with Crippen LogP contribution in [0, 0.1) is 23.7 Å². The molecule has 10 heteroatoms. The predicted octanol–water partition coefficient (Wildman–Crippen LogP) is 3.83. The van der Waals surface area contributed by atoms with Gasteiger partial charge in [-0.05, 0) is 87.4 Å². The third-order valence-electron chi connectivity index (χ3n) is 11.4.